The highest BCUT2D eigenvalue weighted by Crippen LogP contribution is 2.31. The molecule has 0 spiro atoms. The molecule has 0 aromatic carbocycles. The molecule has 0 bridgehead atoms. The van der Waals surface area contributed by atoms with Gasteiger partial charge in [0.05, 0.1) is 0 Å². The van der Waals surface area contributed by atoms with Gasteiger partial charge in [0.15, 0.2) is 0 Å². The van der Waals surface area contributed by atoms with Crippen LogP contribution in [0.4, 0.5) is 0 Å². The number of carbonyl (C=O) groups is 1. The second-order valence-corrected chi connectivity index (χ2v) is 6.80. The third kappa shape index (κ3) is 3.71. The fraction of sp³-hybridized carbons (Fsp3) is 0.933. The topological polar surface area (TPSA) is 55.1 Å². The Hall–Kier alpha value is -0.570. The van der Waals surface area contributed by atoms with Crippen LogP contribution < -0.4 is 11.1 Å². The van der Waals surface area contributed by atoms with Gasteiger partial charge >= 0.3 is 0 Å². The van der Waals surface area contributed by atoms with E-state index in [1.165, 1.54) is 19.3 Å². The van der Waals surface area contributed by atoms with Gasteiger partial charge in [-0.3, -0.25) is 4.79 Å². The molecule has 2 rings (SSSR count). The van der Waals surface area contributed by atoms with E-state index in [0.29, 0.717) is 11.8 Å². The van der Waals surface area contributed by atoms with Crippen LogP contribution in [0.1, 0.15) is 52.4 Å². The Morgan fingerprint density at radius 2 is 1.89 bits per heavy atom. The van der Waals surface area contributed by atoms with Gasteiger partial charge in [0, 0.05) is 18.5 Å². The molecule has 0 aliphatic heterocycles. The van der Waals surface area contributed by atoms with Crippen LogP contribution in [-0.4, -0.2) is 18.5 Å². The standard InChI is InChI=1S/C15H28N2O/c1-10-3-4-12(5-10)9-17-15(18)13-6-11(2)7-14(16)8-13/h10-14H,3-9,16H2,1-2H3,(H,17,18). The number of amides is 1. The largest absolute Gasteiger partial charge is 0.356 e. The van der Waals surface area contributed by atoms with Gasteiger partial charge in [0.25, 0.3) is 0 Å². The second-order valence-electron chi connectivity index (χ2n) is 6.80. The van der Waals surface area contributed by atoms with Crippen LogP contribution >= 0.6 is 0 Å². The van der Waals surface area contributed by atoms with Gasteiger partial charge in [-0.1, -0.05) is 20.3 Å². The second kappa shape index (κ2) is 6.05. The number of hydrogen-bond acceptors (Lipinski definition) is 2. The maximum atomic E-state index is 12.2. The maximum absolute atomic E-state index is 12.2. The Balaban J connectivity index is 1.74. The number of rotatable bonds is 3. The zero-order valence-electron chi connectivity index (χ0n) is 11.8. The first-order chi connectivity index (χ1) is 8.54. The van der Waals surface area contributed by atoms with E-state index < -0.39 is 0 Å². The minimum absolute atomic E-state index is 0.155. The van der Waals surface area contributed by atoms with Crippen LogP contribution in [0.5, 0.6) is 0 Å². The zero-order valence-corrected chi connectivity index (χ0v) is 11.8. The molecule has 0 aromatic heterocycles. The van der Waals surface area contributed by atoms with Gasteiger partial charge < -0.3 is 11.1 Å². The highest BCUT2D eigenvalue weighted by Gasteiger charge is 2.30. The normalized spacial score (nSPS) is 40.7. The first-order valence-corrected chi connectivity index (χ1v) is 7.58. The van der Waals surface area contributed by atoms with Crippen molar-refractivity contribution in [3.8, 4) is 0 Å². The highest BCUT2D eigenvalue weighted by atomic mass is 16.1. The minimum atomic E-state index is 0.155. The van der Waals surface area contributed by atoms with Gasteiger partial charge in [0.2, 0.25) is 5.91 Å². The summed E-state index contributed by atoms with van der Waals surface area (Å²) in [5, 5.41) is 3.16. The molecule has 0 saturated heterocycles. The predicted octanol–water partition coefficient (Wildman–Crippen LogP) is 2.30. The Kier molecular flexibility index (Phi) is 4.66. The molecular weight excluding hydrogens is 224 g/mol. The van der Waals surface area contributed by atoms with Crippen LogP contribution in [-0.2, 0) is 4.79 Å². The average Bonchev–Trinajstić information content (AvgIpc) is 2.70. The monoisotopic (exact) mass is 252 g/mol. The van der Waals surface area contributed by atoms with Crippen molar-refractivity contribution in [3.63, 3.8) is 0 Å². The maximum Gasteiger partial charge on any atom is 0.223 e. The molecule has 2 aliphatic carbocycles. The molecule has 3 N–H and O–H groups in total. The van der Waals surface area contributed by atoms with E-state index in [-0.39, 0.29) is 17.9 Å². The van der Waals surface area contributed by atoms with Crippen molar-refractivity contribution in [2.24, 2.45) is 29.4 Å². The summed E-state index contributed by atoms with van der Waals surface area (Å²) in [6.45, 7) is 5.39. The molecule has 5 unspecified atom stereocenters. The minimum Gasteiger partial charge on any atom is -0.356 e. The van der Waals surface area contributed by atoms with Gasteiger partial charge in [0.1, 0.15) is 0 Å². The number of hydrogen-bond donors (Lipinski definition) is 2. The fourth-order valence-corrected chi connectivity index (χ4v) is 3.77. The summed E-state index contributed by atoms with van der Waals surface area (Å²) in [6.07, 6.45) is 6.84. The average molecular weight is 252 g/mol. The Labute approximate surface area is 111 Å². The van der Waals surface area contributed by atoms with E-state index in [1.54, 1.807) is 0 Å². The van der Waals surface area contributed by atoms with Crippen molar-refractivity contribution in [3.05, 3.63) is 0 Å². The molecule has 2 fully saturated rings. The third-order valence-electron chi connectivity index (χ3n) is 4.72. The van der Waals surface area contributed by atoms with Crippen molar-refractivity contribution < 1.29 is 4.79 Å². The molecule has 0 heterocycles. The molecule has 2 aliphatic rings. The summed E-state index contributed by atoms with van der Waals surface area (Å²) >= 11 is 0. The first-order valence-electron chi connectivity index (χ1n) is 7.58. The lowest BCUT2D eigenvalue weighted by Gasteiger charge is -2.30. The van der Waals surface area contributed by atoms with E-state index in [2.05, 4.69) is 19.2 Å². The lowest BCUT2D eigenvalue weighted by molar-refractivity contribution is -0.126. The van der Waals surface area contributed by atoms with Crippen molar-refractivity contribution >= 4 is 5.91 Å². The van der Waals surface area contributed by atoms with E-state index >= 15 is 0 Å². The van der Waals surface area contributed by atoms with Gasteiger partial charge in [-0.2, -0.15) is 0 Å². The fourth-order valence-electron chi connectivity index (χ4n) is 3.77. The molecule has 1 amide bonds. The van der Waals surface area contributed by atoms with Crippen LogP contribution in [0.15, 0.2) is 0 Å². The Morgan fingerprint density at radius 1 is 1.11 bits per heavy atom. The van der Waals surface area contributed by atoms with Crippen LogP contribution in [0.25, 0.3) is 0 Å². The first kappa shape index (κ1) is 13.9. The van der Waals surface area contributed by atoms with Crippen molar-refractivity contribution in [2.45, 2.75) is 58.4 Å². The summed E-state index contributed by atoms with van der Waals surface area (Å²) in [5.41, 5.74) is 6.01. The summed E-state index contributed by atoms with van der Waals surface area (Å²) < 4.78 is 0. The summed E-state index contributed by atoms with van der Waals surface area (Å²) in [6, 6.07) is 0.219. The number of nitrogens with one attached hydrogen (secondary N) is 1. The molecule has 3 heteroatoms. The lowest BCUT2D eigenvalue weighted by atomic mass is 9.79. The van der Waals surface area contributed by atoms with Crippen LogP contribution in [0.3, 0.4) is 0 Å². The SMILES string of the molecule is CC1CCC(CNC(=O)C2CC(C)CC(N)C2)C1. The van der Waals surface area contributed by atoms with Crippen molar-refractivity contribution in [1.82, 2.24) is 5.32 Å². The lowest BCUT2D eigenvalue weighted by Crippen LogP contribution is -2.41. The van der Waals surface area contributed by atoms with E-state index in [0.717, 1.165) is 31.7 Å². The van der Waals surface area contributed by atoms with Gasteiger partial charge in [-0.25, -0.2) is 0 Å². The smallest absolute Gasteiger partial charge is 0.223 e. The predicted molar refractivity (Wildman–Crippen MR) is 74.0 cm³/mol. The molecule has 5 atom stereocenters. The quantitative estimate of drug-likeness (QED) is 0.810. The van der Waals surface area contributed by atoms with Crippen molar-refractivity contribution in [2.75, 3.05) is 6.54 Å². The highest BCUT2D eigenvalue weighted by molar-refractivity contribution is 5.78. The van der Waals surface area contributed by atoms with E-state index in [9.17, 15) is 4.79 Å². The Bertz CT molecular complexity index is 282. The van der Waals surface area contributed by atoms with E-state index in [1.807, 2.05) is 0 Å². The molecule has 0 radical (unpaired) electrons. The third-order valence-corrected chi connectivity index (χ3v) is 4.72. The molecular formula is C15H28N2O. The molecule has 18 heavy (non-hydrogen) atoms. The molecule has 3 nitrogen and oxygen atoms in total. The van der Waals surface area contributed by atoms with E-state index in [4.69, 9.17) is 5.73 Å². The van der Waals surface area contributed by atoms with Gasteiger partial charge in [-0.05, 0) is 49.9 Å². The number of nitrogens with two attached hydrogens (primary N) is 1. The van der Waals surface area contributed by atoms with Crippen molar-refractivity contribution in [1.29, 1.82) is 0 Å². The Morgan fingerprint density at radius 3 is 2.50 bits per heavy atom. The molecule has 0 aromatic rings. The summed E-state index contributed by atoms with van der Waals surface area (Å²) in [5.74, 6) is 2.55. The summed E-state index contributed by atoms with van der Waals surface area (Å²) in [4.78, 5) is 12.2. The van der Waals surface area contributed by atoms with Crippen LogP contribution in [0.2, 0.25) is 0 Å². The van der Waals surface area contributed by atoms with Gasteiger partial charge in [-0.15, -0.1) is 0 Å². The molecule has 2 saturated carbocycles. The summed E-state index contributed by atoms with van der Waals surface area (Å²) in [7, 11) is 0. The molecule has 104 valence electrons. The zero-order chi connectivity index (χ0) is 13.1. The number of carbonyl (C=O) groups excluding carboxylic acids is 1. The van der Waals surface area contributed by atoms with Crippen LogP contribution in [0, 0.1) is 23.7 Å².